The van der Waals surface area contributed by atoms with E-state index in [1.54, 1.807) is 0 Å². The van der Waals surface area contributed by atoms with Crippen molar-refractivity contribution < 1.29 is 14.3 Å². The standard InChI is InChI=1S/C21H30O3/c1-13-11-21-12-14(13)6-7-15(21)19(2)8-5-9-20(3,18(23)24-4)16(19)10-17(21)22/h14-16H,1,5-12H2,2-4H3/t14-,15+,16+,19+,20-,21+/m1/s1. The summed E-state index contributed by atoms with van der Waals surface area (Å²) in [6.45, 7) is 8.71. The predicted octanol–water partition coefficient (Wildman–Crippen LogP) is 4.31. The summed E-state index contributed by atoms with van der Waals surface area (Å²) < 4.78 is 5.17. The average molecular weight is 330 g/mol. The van der Waals surface area contributed by atoms with Gasteiger partial charge in [-0.3, -0.25) is 9.59 Å². The Morgan fingerprint density at radius 1 is 1.21 bits per heavy atom. The summed E-state index contributed by atoms with van der Waals surface area (Å²) in [5.74, 6) is 1.39. The third kappa shape index (κ3) is 1.79. The Morgan fingerprint density at radius 3 is 2.67 bits per heavy atom. The first kappa shape index (κ1) is 16.4. The number of methoxy groups -OCH3 is 1. The van der Waals surface area contributed by atoms with E-state index >= 15 is 0 Å². The molecule has 0 aromatic carbocycles. The largest absolute Gasteiger partial charge is 0.469 e. The molecule has 0 N–H and O–H groups in total. The minimum atomic E-state index is -0.508. The fourth-order valence-electron chi connectivity index (χ4n) is 7.44. The van der Waals surface area contributed by atoms with Crippen molar-refractivity contribution in [3.05, 3.63) is 12.2 Å². The van der Waals surface area contributed by atoms with E-state index in [2.05, 4.69) is 13.5 Å². The minimum Gasteiger partial charge on any atom is -0.469 e. The number of carbonyl (C=O) groups excluding carboxylic acids is 2. The van der Waals surface area contributed by atoms with Gasteiger partial charge >= 0.3 is 5.97 Å². The summed E-state index contributed by atoms with van der Waals surface area (Å²) in [6.07, 6.45) is 7.83. The van der Waals surface area contributed by atoms with Crippen LogP contribution in [0.4, 0.5) is 0 Å². The highest BCUT2D eigenvalue weighted by Gasteiger charge is 2.68. The molecule has 4 rings (SSSR count). The lowest BCUT2D eigenvalue weighted by atomic mass is 9.40. The monoisotopic (exact) mass is 330 g/mol. The van der Waals surface area contributed by atoms with E-state index in [1.165, 1.54) is 19.1 Å². The minimum absolute atomic E-state index is 0.0741. The Bertz CT molecular complexity index is 623. The van der Waals surface area contributed by atoms with E-state index < -0.39 is 5.41 Å². The second kappa shape index (κ2) is 4.95. The SMILES string of the molecule is C=C1C[C@]23C[C@H]1CC[C@H]2[C@]1(C)CCC[C@@](C)(C(=O)OC)[C@H]1CC3=O. The Labute approximate surface area is 145 Å². The van der Waals surface area contributed by atoms with Gasteiger partial charge in [0.2, 0.25) is 0 Å². The van der Waals surface area contributed by atoms with Crippen molar-refractivity contribution in [1.82, 2.24) is 0 Å². The van der Waals surface area contributed by atoms with Gasteiger partial charge in [-0.25, -0.2) is 0 Å². The number of ketones is 1. The van der Waals surface area contributed by atoms with Crippen molar-refractivity contribution in [3.8, 4) is 0 Å². The van der Waals surface area contributed by atoms with Gasteiger partial charge in [-0.05, 0) is 68.6 Å². The smallest absolute Gasteiger partial charge is 0.311 e. The molecule has 0 unspecified atom stereocenters. The van der Waals surface area contributed by atoms with Crippen LogP contribution in [0, 0.1) is 34.0 Å². The molecule has 0 saturated heterocycles. The zero-order valence-corrected chi connectivity index (χ0v) is 15.3. The summed E-state index contributed by atoms with van der Waals surface area (Å²) >= 11 is 0. The number of hydrogen-bond acceptors (Lipinski definition) is 3. The number of hydrogen-bond donors (Lipinski definition) is 0. The molecule has 4 fully saturated rings. The number of rotatable bonds is 1. The molecule has 0 aromatic heterocycles. The Balaban J connectivity index is 1.79. The van der Waals surface area contributed by atoms with E-state index in [1.807, 2.05) is 6.92 Å². The van der Waals surface area contributed by atoms with Crippen LogP contribution in [0.2, 0.25) is 0 Å². The van der Waals surface area contributed by atoms with Crippen molar-refractivity contribution in [2.45, 2.75) is 65.2 Å². The fourth-order valence-corrected chi connectivity index (χ4v) is 7.44. The number of ether oxygens (including phenoxy) is 1. The molecule has 1 spiro atoms. The first-order chi connectivity index (χ1) is 11.3. The van der Waals surface area contributed by atoms with Crippen LogP contribution in [-0.2, 0) is 14.3 Å². The van der Waals surface area contributed by atoms with Gasteiger partial charge < -0.3 is 4.74 Å². The highest BCUT2D eigenvalue weighted by molar-refractivity contribution is 5.89. The summed E-state index contributed by atoms with van der Waals surface area (Å²) in [7, 11) is 1.48. The van der Waals surface area contributed by atoms with E-state index in [9.17, 15) is 9.59 Å². The van der Waals surface area contributed by atoms with E-state index in [0.717, 1.165) is 38.5 Å². The van der Waals surface area contributed by atoms with Crippen molar-refractivity contribution in [2.24, 2.45) is 34.0 Å². The van der Waals surface area contributed by atoms with Gasteiger partial charge in [-0.1, -0.05) is 25.5 Å². The maximum atomic E-state index is 13.4. The molecule has 0 aromatic rings. The lowest BCUT2D eigenvalue weighted by molar-refractivity contribution is -0.186. The highest BCUT2D eigenvalue weighted by Crippen LogP contribution is 2.71. The molecule has 2 bridgehead atoms. The van der Waals surface area contributed by atoms with Gasteiger partial charge in [0.05, 0.1) is 12.5 Å². The van der Waals surface area contributed by atoms with Crippen LogP contribution in [0.3, 0.4) is 0 Å². The van der Waals surface area contributed by atoms with Crippen molar-refractivity contribution in [2.75, 3.05) is 7.11 Å². The van der Waals surface area contributed by atoms with Gasteiger partial charge in [-0.15, -0.1) is 0 Å². The number of esters is 1. The quantitative estimate of drug-likeness (QED) is 0.531. The summed E-state index contributed by atoms with van der Waals surface area (Å²) in [4.78, 5) is 26.0. The lowest BCUT2D eigenvalue weighted by Gasteiger charge is -2.62. The molecule has 4 aliphatic carbocycles. The normalized spacial score (nSPS) is 50.2. The van der Waals surface area contributed by atoms with Gasteiger partial charge in [-0.2, -0.15) is 0 Å². The van der Waals surface area contributed by atoms with Crippen LogP contribution in [0.25, 0.3) is 0 Å². The van der Waals surface area contributed by atoms with Gasteiger partial charge in [0.15, 0.2) is 0 Å². The zero-order chi connectivity index (χ0) is 17.3. The van der Waals surface area contributed by atoms with Gasteiger partial charge in [0.25, 0.3) is 0 Å². The fraction of sp³-hybridized carbons (Fsp3) is 0.810. The predicted molar refractivity (Wildman–Crippen MR) is 92.2 cm³/mol. The van der Waals surface area contributed by atoms with Crippen molar-refractivity contribution in [3.63, 3.8) is 0 Å². The summed E-state index contributed by atoms with van der Waals surface area (Å²) in [5.41, 5.74) is 0.704. The molecule has 0 radical (unpaired) electrons. The maximum Gasteiger partial charge on any atom is 0.311 e. The van der Waals surface area contributed by atoms with Crippen LogP contribution in [0.5, 0.6) is 0 Å². The molecular weight excluding hydrogens is 300 g/mol. The Kier molecular flexibility index (Phi) is 3.38. The molecule has 4 saturated carbocycles. The topological polar surface area (TPSA) is 43.4 Å². The molecule has 3 heteroatoms. The molecule has 4 aliphatic rings. The van der Waals surface area contributed by atoms with Gasteiger partial charge in [0.1, 0.15) is 5.78 Å². The number of carbonyl (C=O) groups is 2. The molecule has 3 nitrogen and oxygen atoms in total. The van der Waals surface area contributed by atoms with E-state index in [0.29, 0.717) is 24.0 Å². The Hall–Kier alpha value is -1.12. The third-order valence-electron chi connectivity index (χ3n) is 8.57. The first-order valence-electron chi connectivity index (χ1n) is 9.57. The second-order valence-corrected chi connectivity index (χ2v) is 9.47. The summed E-state index contributed by atoms with van der Waals surface area (Å²) in [5, 5.41) is 0. The van der Waals surface area contributed by atoms with Crippen LogP contribution in [-0.4, -0.2) is 18.9 Å². The molecule has 0 amide bonds. The average Bonchev–Trinajstić information content (AvgIpc) is 2.80. The van der Waals surface area contributed by atoms with Crippen LogP contribution >= 0.6 is 0 Å². The highest BCUT2D eigenvalue weighted by atomic mass is 16.5. The van der Waals surface area contributed by atoms with Crippen molar-refractivity contribution >= 4 is 11.8 Å². The molecule has 6 atom stereocenters. The number of fused-ring (bicyclic) bond motifs is 3. The third-order valence-corrected chi connectivity index (χ3v) is 8.57. The summed E-state index contributed by atoms with van der Waals surface area (Å²) in [6, 6.07) is 0. The molecule has 132 valence electrons. The maximum absolute atomic E-state index is 13.4. The first-order valence-corrected chi connectivity index (χ1v) is 9.57. The molecular formula is C21H30O3. The number of Topliss-reactive ketones (excluding diaryl/α,β-unsaturated/α-hetero) is 1. The van der Waals surface area contributed by atoms with Crippen molar-refractivity contribution in [1.29, 1.82) is 0 Å². The van der Waals surface area contributed by atoms with Crippen LogP contribution in [0.1, 0.15) is 65.2 Å². The van der Waals surface area contributed by atoms with Crippen LogP contribution in [0.15, 0.2) is 12.2 Å². The Morgan fingerprint density at radius 2 is 1.96 bits per heavy atom. The van der Waals surface area contributed by atoms with E-state index in [4.69, 9.17) is 4.74 Å². The molecule has 24 heavy (non-hydrogen) atoms. The lowest BCUT2D eigenvalue weighted by Crippen LogP contribution is -2.61. The zero-order valence-electron chi connectivity index (χ0n) is 15.3. The number of allylic oxidation sites excluding steroid dienone is 1. The van der Waals surface area contributed by atoms with E-state index in [-0.39, 0.29) is 22.7 Å². The second-order valence-electron chi connectivity index (χ2n) is 9.47. The molecule has 0 aliphatic heterocycles. The van der Waals surface area contributed by atoms with Crippen LogP contribution < -0.4 is 0 Å². The molecule has 0 heterocycles. The van der Waals surface area contributed by atoms with Gasteiger partial charge in [0, 0.05) is 11.8 Å².